The van der Waals surface area contributed by atoms with E-state index in [2.05, 4.69) is 10.2 Å². The Hall–Kier alpha value is -2.02. The largest absolute Gasteiger partial charge is 0.494 e. The molecular weight excluding hydrogens is 280 g/mol. The van der Waals surface area contributed by atoms with Gasteiger partial charge in [0.1, 0.15) is 5.75 Å². The van der Waals surface area contributed by atoms with E-state index in [-0.39, 0.29) is 5.56 Å². The molecule has 0 atom stereocenters. The van der Waals surface area contributed by atoms with Crippen LogP contribution in [0.15, 0.2) is 33.9 Å². The molecule has 20 heavy (non-hydrogen) atoms. The van der Waals surface area contributed by atoms with Crippen molar-refractivity contribution in [1.82, 2.24) is 10.2 Å². The van der Waals surface area contributed by atoms with Gasteiger partial charge in [-0.05, 0) is 30.7 Å². The highest BCUT2D eigenvalue weighted by Gasteiger charge is 2.04. The number of carboxylic acids is 1. The number of hydrogen-bond acceptors (Lipinski definition) is 6. The molecule has 0 radical (unpaired) electrons. The van der Waals surface area contributed by atoms with Crippen LogP contribution in [-0.4, -0.2) is 33.6 Å². The van der Waals surface area contributed by atoms with Crippen LogP contribution < -0.4 is 4.74 Å². The molecule has 0 aliphatic heterocycles. The lowest BCUT2D eigenvalue weighted by Gasteiger charge is -2.05. The SMILES string of the molecule is Cc1nnc(SCCCOc2ccc(C(=O)O)cc2)o1. The summed E-state index contributed by atoms with van der Waals surface area (Å²) < 4.78 is 10.7. The highest BCUT2D eigenvalue weighted by molar-refractivity contribution is 7.99. The van der Waals surface area contributed by atoms with Crippen LogP contribution in [0.3, 0.4) is 0 Å². The van der Waals surface area contributed by atoms with E-state index in [4.69, 9.17) is 14.3 Å². The van der Waals surface area contributed by atoms with E-state index in [9.17, 15) is 4.79 Å². The fourth-order valence-corrected chi connectivity index (χ4v) is 2.15. The Balaban J connectivity index is 1.66. The molecule has 2 rings (SSSR count). The summed E-state index contributed by atoms with van der Waals surface area (Å²) in [6.45, 7) is 2.30. The molecule has 0 saturated carbocycles. The number of carbonyl (C=O) groups is 1. The van der Waals surface area contributed by atoms with Gasteiger partial charge in [-0.25, -0.2) is 4.79 Å². The molecule has 2 aromatic rings. The van der Waals surface area contributed by atoms with Crippen LogP contribution >= 0.6 is 11.8 Å². The molecule has 1 heterocycles. The first-order valence-corrected chi connectivity index (χ1v) is 7.03. The highest BCUT2D eigenvalue weighted by Crippen LogP contribution is 2.17. The van der Waals surface area contributed by atoms with Crippen LogP contribution in [-0.2, 0) is 0 Å². The van der Waals surface area contributed by atoms with Gasteiger partial charge in [0.15, 0.2) is 0 Å². The van der Waals surface area contributed by atoms with Gasteiger partial charge in [-0.3, -0.25) is 0 Å². The summed E-state index contributed by atoms with van der Waals surface area (Å²) in [5, 5.41) is 16.9. The van der Waals surface area contributed by atoms with Gasteiger partial charge in [0.05, 0.1) is 12.2 Å². The molecule has 1 N–H and O–H groups in total. The van der Waals surface area contributed by atoms with Crippen molar-refractivity contribution >= 4 is 17.7 Å². The Morgan fingerprint density at radius 1 is 1.35 bits per heavy atom. The molecule has 0 aliphatic rings. The fraction of sp³-hybridized carbons (Fsp3) is 0.308. The van der Waals surface area contributed by atoms with E-state index < -0.39 is 5.97 Å². The first kappa shape index (κ1) is 14.4. The lowest BCUT2D eigenvalue weighted by atomic mass is 10.2. The van der Waals surface area contributed by atoms with Gasteiger partial charge in [-0.15, -0.1) is 10.2 Å². The summed E-state index contributed by atoms with van der Waals surface area (Å²) >= 11 is 1.48. The standard InChI is InChI=1S/C13H14N2O4S/c1-9-14-15-13(19-9)20-8-2-7-18-11-5-3-10(4-6-11)12(16)17/h3-6H,2,7-8H2,1H3,(H,16,17). The van der Waals surface area contributed by atoms with Crippen molar-refractivity contribution < 1.29 is 19.1 Å². The molecule has 1 aromatic heterocycles. The zero-order chi connectivity index (χ0) is 14.4. The molecule has 0 unspecified atom stereocenters. The Labute approximate surface area is 120 Å². The van der Waals surface area contributed by atoms with Crippen molar-refractivity contribution in [3.8, 4) is 5.75 Å². The second-order valence-electron chi connectivity index (χ2n) is 3.97. The number of thioether (sulfide) groups is 1. The van der Waals surface area contributed by atoms with Gasteiger partial charge >= 0.3 is 5.97 Å². The first-order valence-electron chi connectivity index (χ1n) is 6.04. The predicted octanol–water partition coefficient (Wildman–Crippen LogP) is 2.64. The number of aryl methyl sites for hydroxylation is 1. The third-order valence-corrected chi connectivity index (χ3v) is 3.30. The molecule has 1 aromatic carbocycles. The molecule has 0 saturated heterocycles. The predicted molar refractivity (Wildman–Crippen MR) is 73.3 cm³/mol. The smallest absolute Gasteiger partial charge is 0.335 e. The normalized spacial score (nSPS) is 10.4. The number of aromatic nitrogens is 2. The monoisotopic (exact) mass is 294 g/mol. The zero-order valence-corrected chi connectivity index (χ0v) is 11.7. The van der Waals surface area contributed by atoms with E-state index in [1.54, 1.807) is 19.1 Å². The Morgan fingerprint density at radius 2 is 2.10 bits per heavy atom. The highest BCUT2D eigenvalue weighted by atomic mass is 32.2. The van der Waals surface area contributed by atoms with Gasteiger partial charge in [0, 0.05) is 12.7 Å². The Bertz CT molecular complexity index is 568. The molecular formula is C13H14N2O4S. The molecule has 0 fully saturated rings. The number of nitrogens with zero attached hydrogens (tertiary/aromatic N) is 2. The number of ether oxygens (including phenoxy) is 1. The van der Waals surface area contributed by atoms with Gasteiger partial charge in [0.25, 0.3) is 5.22 Å². The summed E-state index contributed by atoms with van der Waals surface area (Å²) in [7, 11) is 0. The average molecular weight is 294 g/mol. The summed E-state index contributed by atoms with van der Waals surface area (Å²) in [5.41, 5.74) is 0.250. The van der Waals surface area contributed by atoms with E-state index >= 15 is 0 Å². The molecule has 0 amide bonds. The number of hydrogen-bond donors (Lipinski definition) is 1. The second-order valence-corrected chi connectivity index (χ2v) is 5.01. The first-order chi connectivity index (χ1) is 9.65. The topological polar surface area (TPSA) is 85.5 Å². The molecule has 6 nitrogen and oxygen atoms in total. The summed E-state index contributed by atoms with van der Waals surface area (Å²) in [4.78, 5) is 10.7. The number of benzene rings is 1. The Kier molecular flexibility index (Phi) is 5.00. The third kappa shape index (κ3) is 4.27. The Morgan fingerprint density at radius 3 is 2.70 bits per heavy atom. The van der Waals surface area contributed by atoms with Gasteiger partial charge in [-0.1, -0.05) is 11.8 Å². The van der Waals surface area contributed by atoms with Gasteiger partial charge in [0.2, 0.25) is 5.89 Å². The maximum absolute atomic E-state index is 10.7. The maximum atomic E-state index is 10.7. The second kappa shape index (κ2) is 6.95. The number of rotatable bonds is 7. The molecule has 0 bridgehead atoms. The van der Waals surface area contributed by atoms with Crippen molar-refractivity contribution in [2.75, 3.05) is 12.4 Å². The van der Waals surface area contributed by atoms with Crippen LogP contribution in [0.2, 0.25) is 0 Å². The molecule has 0 aliphatic carbocycles. The van der Waals surface area contributed by atoms with Crippen molar-refractivity contribution in [2.45, 2.75) is 18.6 Å². The van der Waals surface area contributed by atoms with Crippen LogP contribution in [0.1, 0.15) is 22.7 Å². The molecule has 0 spiro atoms. The van der Waals surface area contributed by atoms with Crippen LogP contribution in [0.4, 0.5) is 0 Å². The fourth-order valence-electron chi connectivity index (χ4n) is 1.44. The van der Waals surface area contributed by atoms with Crippen LogP contribution in [0.25, 0.3) is 0 Å². The summed E-state index contributed by atoms with van der Waals surface area (Å²) in [6.07, 6.45) is 0.826. The van der Waals surface area contributed by atoms with Crippen molar-refractivity contribution in [1.29, 1.82) is 0 Å². The average Bonchev–Trinajstić information content (AvgIpc) is 2.84. The third-order valence-electron chi connectivity index (χ3n) is 2.39. The molecule has 106 valence electrons. The molecule has 7 heteroatoms. The van der Waals surface area contributed by atoms with Crippen molar-refractivity contribution in [3.05, 3.63) is 35.7 Å². The minimum Gasteiger partial charge on any atom is -0.494 e. The summed E-state index contributed by atoms with van der Waals surface area (Å²) in [5.74, 6) is 1.09. The van der Waals surface area contributed by atoms with Crippen molar-refractivity contribution in [2.24, 2.45) is 0 Å². The van der Waals surface area contributed by atoms with E-state index in [1.807, 2.05) is 0 Å². The van der Waals surface area contributed by atoms with Gasteiger partial charge < -0.3 is 14.3 Å². The maximum Gasteiger partial charge on any atom is 0.335 e. The minimum atomic E-state index is -0.942. The van der Waals surface area contributed by atoms with Gasteiger partial charge in [-0.2, -0.15) is 0 Å². The quantitative estimate of drug-likeness (QED) is 0.620. The van der Waals surface area contributed by atoms with E-state index in [0.717, 1.165) is 12.2 Å². The van der Waals surface area contributed by atoms with Crippen LogP contribution in [0, 0.1) is 6.92 Å². The zero-order valence-electron chi connectivity index (χ0n) is 10.9. The summed E-state index contributed by atoms with van der Waals surface area (Å²) in [6, 6.07) is 6.34. The number of aromatic carboxylic acids is 1. The number of carboxylic acid groups (broad SMARTS) is 1. The van der Waals surface area contributed by atoms with Crippen molar-refractivity contribution in [3.63, 3.8) is 0 Å². The lowest BCUT2D eigenvalue weighted by Crippen LogP contribution is -2.00. The van der Waals surface area contributed by atoms with Crippen LogP contribution in [0.5, 0.6) is 5.75 Å². The van der Waals surface area contributed by atoms with E-state index in [0.29, 0.717) is 23.5 Å². The lowest BCUT2D eigenvalue weighted by molar-refractivity contribution is 0.0697. The van der Waals surface area contributed by atoms with E-state index in [1.165, 1.54) is 23.9 Å². The minimum absolute atomic E-state index is 0.250.